The van der Waals surface area contributed by atoms with Crippen LogP contribution in [-0.4, -0.2) is 21.5 Å². The zero-order chi connectivity index (χ0) is 12.4. The highest BCUT2D eigenvalue weighted by Gasteiger charge is 2.20. The molecule has 1 fully saturated rings. The minimum Gasteiger partial charge on any atom is -0.353 e. The summed E-state index contributed by atoms with van der Waals surface area (Å²) in [7, 11) is 0. The molecule has 92 valence electrons. The second-order valence-corrected chi connectivity index (χ2v) is 4.64. The fourth-order valence-electron chi connectivity index (χ4n) is 2.33. The van der Waals surface area contributed by atoms with E-state index in [-0.39, 0.29) is 5.91 Å². The van der Waals surface area contributed by atoms with E-state index in [1.807, 2.05) is 10.8 Å². The topological polar surface area (TPSA) is 46.9 Å². The first-order valence-corrected chi connectivity index (χ1v) is 6.18. The van der Waals surface area contributed by atoms with Crippen LogP contribution in [-0.2, 0) is 11.2 Å². The van der Waals surface area contributed by atoms with Gasteiger partial charge in [-0.15, -0.1) is 0 Å². The van der Waals surface area contributed by atoms with Crippen molar-refractivity contribution < 1.29 is 4.79 Å². The number of hydrogen-bond donors (Lipinski definition) is 1. The monoisotopic (exact) mass is 241 g/mol. The van der Waals surface area contributed by atoms with Crippen molar-refractivity contribution >= 4 is 5.91 Å². The van der Waals surface area contributed by atoms with Crippen molar-refractivity contribution in [2.75, 3.05) is 0 Å². The third-order valence-electron chi connectivity index (χ3n) is 3.31. The van der Waals surface area contributed by atoms with Crippen molar-refractivity contribution in [1.29, 1.82) is 0 Å². The Bertz CT molecular complexity index is 531. The lowest BCUT2D eigenvalue weighted by molar-refractivity contribution is -0.119. The number of carbonyl (C=O) groups excluding carboxylic acids is 1. The van der Waals surface area contributed by atoms with E-state index < -0.39 is 0 Å². The molecule has 1 N–H and O–H groups in total. The quantitative estimate of drug-likeness (QED) is 0.889. The molecule has 0 radical (unpaired) electrons. The summed E-state index contributed by atoms with van der Waals surface area (Å²) >= 11 is 0. The first kappa shape index (κ1) is 11.0. The van der Waals surface area contributed by atoms with Gasteiger partial charge in [0.1, 0.15) is 0 Å². The Morgan fingerprint density at radius 3 is 2.78 bits per heavy atom. The number of nitrogens with zero attached hydrogens (tertiary/aromatic N) is 2. The van der Waals surface area contributed by atoms with Gasteiger partial charge < -0.3 is 9.88 Å². The van der Waals surface area contributed by atoms with Gasteiger partial charge in [0.25, 0.3) is 0 Å². The minimum atomic E-state index is 0.176. The van der Waals surface area contributed by atoms with Crippen molar-refractivity contribution in [1.82, 2.24) is 14.9 Å². The number of amides is 1. The van der Waals surface area contributed by atoms with Gasteiger partial charge in [-0.2, -0.15) is 0 Å². The molecule has 2 heterocycles. The lowest BCUT2D eigenvalue weighted by atomic mass is 10.0. The van der Waals surface area contributed by atoms with Crippen LogP contribution in [0, 0.1) is 0 Å². The highest BCUT2D eigenvalue weighted by atomic mass is 16.1. The lowest BCUT2D eigenvalue weighted by Crippen LogP contribution is -2.27. The molecule has 1 aromatic heterocycles. The molecule has 18 heavy (non-hydrogen) atoms. The second kappa shape index (κ2) is 4.64. The lowest BCUT2D eigenvalue weighted by Gasteiger charge is -2.10. The predicted octanol–water partition coefficient (Wildman–Crippen LogP) is 1.69. The number of imidazole rings is 1. The molecule has 3 rings (SSSR count). The number of hydrogen-bond acceptors (Lipinski definition) is 2. The van der Waals surface area contributed by atoms with E-state index in [0.717, 1.165) is 18.5 Å². The Balaban J connectivity index is 1.70. The van der Waals surface area contributed by atoms with Gasteiger partial charge in [-0.25, -0.2) is 4.98 Å². The van der Waals surface area contributed by atoms with Crippen LogP contribution in [0.2, 0.25) is 0 Å². The van der Waals surface area contributed by atoms with E-state index >= 15 is 0 Å². The molecule has 1 saturated heterocycles. The normalized spacial score (nSPS) is 18.9. The van der Waals surface area contributed by atoms with Gasteiger partial charge in [0.15, 0.2) is 0 Å². The highest BCUT2D eigenvalue weighted by Crippen LogP contribution is 2.15. The molecule has 0 saturated carbocycles. The van der Waals surface area contributed by atoms with Gasteiger partial charge in [-0.3, -0.25) is 4.79 Å². The molecule has 1 aliphatic heterocycles. The predicted molar refractivity (Wildman–Crippen MR) is 68.4 cm³/mol. The van der Waals surface area contributed by atoms with Crippen LogP contribution in [0.5, 0.6) is 0 Å². The van der Waals surface area contributed by atoms with Crippen LogP contribution in [0.25, 0.3) is 5.69 Å². The SMILES string of the molecule is O=C1CCC(Cc2ccc(-n3ccnc3)cc2)N1. The van der Waals surface area contributed by atoms with Gasteiger partial charge in [0.05, 0.1) is 6.33 Å². The van der Waals surface area contributed by atoms with Crippen molar-refractivity contribution in [2.45, 2.75) is 25.3 Å². The molecule has 2 aromatic rings. The van der Waals surface area contributed by atoms with E-state index in [1.165, 1.54) is 5.56 Å². The minimum absolute atomic E-state index is 0.176. The standard InChI is InChI=1S/C14H15N3O/c18-14-6-3-12(16-14)9-11-1-4-13(5-2-11)17-8-7-15-10-17/h1-2,4-5,7-8,10,12H,3,6,9H2,(H,16,18). The Kier molecular flexibility index (Phi) is 2.84. The average molecular weight is 241 g/mol. The molecule has 0 bridgehead atoms. The third kappa shape index (κ3) is 2.27. The maximum absolute atomic E-state index is 11.1. The maximum Gasteiger partial charge on any atom is 0.220 e. The first-order chi connectivity index (χ1) is 8.81. The molecule has 1 aromatic carbocycles. The number of aromatic nitrogens is 2. The maximum atomic E-state index is 11.1. The van der Waals surface area contributed by atoms with Gasteiger partial charge in [0, 0.05) is 30.5 Å². The van der Waals surface area contributed by atoms with Crippen molar-refractivity contribution in [3.8, 4) is 5.69 Å². The number of benzene rings is 1. The Morgan fingerprint density at radius 2 is 2.17 bits per heavy atom. The fraction of sp³-hybridized carbons (Fsp3) is 0.286. The van der Waals surface area contributed by atoms with E-state index in [0.29, 0.717) is 12.5 Å². The largest absolute Gasteiger partial charge is 0.353 e. The summed E-state index contributed by atoms with van der Waals surface area (Å²) in [4.78, 5) is 15.2. The molecule has 1 atom stereocenters. The Morgan fingerprint density at radius 1 is 1.33 bits per heavy atom. The Labute approximate surface area is 106 Å². The molecule has 1 unspecified atom stereocenters. The van der Waals surface area contributed by atoms with Gasteiger partial charge in [-0.05, 0) is 30.5 Å². The zero-order valence-electron chi connectivity index (χ0n) is 10.0. The van der Waals surface area contributed by atoms with Gasteiger partial charge >= 0.3 is 0 Å². The summed E-state index contributed by atoms with van der Waals surface area (Å²) < 4.78 is 1.97. The van der Waals surface area contributed by atoms with Gasteiger partial charge in [0.2, 0.25) is 5.91 Å². The van der Waals surface area contributed by atoms with E-state index in [1.54, 1.807) is 12.5 Å². The van der Waals surface area contributed by atoms with Crippen LogP contribution in [0.3, 0.4) is 0 Å². The van der Waals surface area contributed by atoms with Crippen LogP contribution < -0.4 is 5.32 Å². The average Bonchev–Trinajstić information content (AvgIpc) is 3.02. The third-order valence-corrected chi connectivity index (χ3v) is 3.31. The van der Waals surface area contributed by atoms with Crippen molar-refractivity contribution in [3.63, 3.8) is 0 Å². The summed E-state index contributed by atoms with van der Waals surface area (Å²) in [5.41, 5.74) is 2.36. The molecule has 0 spiro atoms. The number of nitrogens with one attached hydrogen (secondary N) is 1. The molecule has 1 aliphatic rings. The smallest absolute Gasteiger partial charge is 0.220 e. The van der Waals surface area contributed by atoms with E-state index in [9.17, 15) is 4.79 Å². The second-order valence-electron chi connectivity index (χ2n) is 4.64. The van der Waals surface area contributed by atoms with Crippen LogP contribution in [0.15, 0.2) is 43.0 Å². The van der Waals surface area contributed by atoms with Crippen LogP contribution in [0.1, 0.15) is 18.4 Å². The zero-order valence-corrected chi connectivity index (χ0v) is 10.0. The fourth-order valence-corrected chi connectivity index (χ4v) is 2.33. The van der Waals surface area contributed by atoms with Gasteiger partial charge in [-0.1, -0.05) is 12.1 Å². The van der Waals surface area contributed by atoms with Crippen LogP contribution in [0.4, 0.5) is 0 Å². The Hall–Kier alpha value is -2.10. The van der Waals surface area contributed by atoms with Crippen molar-refractivity contribution in [3.05, 3.63) is 48.5 Å². The summed E-state index contributed by atoms with van der Waals surface area (Å²) in [5, 5.41) is 2.99. The van der Waals surface area contributed by atoms with E-state index in [4.69, 9.17) is 0 Å². The molecular weight excluding hydrogens is 226 g/mol. The summed E-state index contributed by atoms with van der Waals surface area (Å²) in [6.07, 6.45) is 8.00. The summed E-state index contributed by atoms with van der Waals surface area (Å²) in [6.45, 7) is 0. The molecule has 1 amide bonds. The van der Waals surface area contributed by atoms with E-state index in [2.05, 4.69) is 34.6 Å². The summed E-state index contributed by atoms with van der Waals surface area (Å²) in [6, 6.07) is 8.68. The molecule has 4 nitrogen and oxygen atoms in total. The molecular formula is C14H15N3O. The number of rotatable bonds is 3. The van der Waals surface area contributed by atoms with Crippen molar-refractivity contribution in [2.24, 2.45) is 0 Å². The molecule has 4 heteroatoms. The summed E-state index contributed by atoms with van der Waals surface area (Å²) in [5.74, 6) is 0.176. The first-order valence-electron chi connectivity index (χ1n) is 6.18. The highest BCUT2D eigenvalue weighted by molar-refractivity contribution is 5.78. The van der Waals surface area contributed by atoms with Crippen LogP contribution >= 0.6 is 0 Å². The number of carbonyl (C=O) groups is 1. The molecule has 0 aliphatic carbocycles.